The smallest absolute Gasteiger partial charge is 0.315 e. The van der Waals surface area contributed by atoms with E-state index in [0.29, 0.717) is 36.1 Å². The van der Waals surface area contributed by atoms with Crippen molar-refractivity contribution in [1.82, 2.24) is 0 Å². The summed E-state index contributed by atoms with van der Waals surface area (Å²) in [6.45, 7) is 7.97. The molecule has 0 radical (unpaired) electrons. The predicted octanol–water partition coefficient (Wildman–Crippen LogP) is 4.37. The van der Waals surface area contributed by atoms with E-state index in [1.165, 1.54) is 12.1 Å². The summed E-state index contributed by atoms with van der Waals surface area (Å²) >= 11 is 0. The predicted molar refractivity (Wildman–Crippen MR) is 109 cm³/mol. The number of rotatable bonds is 5. The van der Waals surface area contributed by atoms with Crippen LogP contribution in [0.4, 0.5) is 5.69 Å². The van der Waals surface area contributed by atoms with E-state index in [2.05, 4.69) is 0 Å². The fourth-order valence-corrected chi connectivity index (χ4v) is 4.32. The second kappa shape index (κ2) is 7.89. The summed E-state index contributed by atoms with van der Waals surface area (Å²) in [4.78, 5) is 41.3. The number of aliphatic imine (C=N–C) groups is 1. The van der Waals surface area contributed by atoms with Crippen LogP contribution in [0.25, 0.3) is 0 Å². The van der Waals surface area contributed by atoms with E-state index >= 15 is 0 Å². The number of benzene rings is 1. The Hall–Kier alpha value is -2.83. The number of carbonyl (C=O) groups is 2. The van der Waals surface area contributed by atoms with Crippen LogP contribution in [-0.2, 0) is 14.3 Å². The topological polar surface area (TPSA) is 98.9 Å². The molecule has 1 aromatic carbocycles. The van der Waals surface area contributed by atoms with Gasteiger partial charge in [0, 0.05) is 41.5 Å². The van der Waals surface area contributed by atoms with Crippen LogP contribution in [0.1, 0.15) is 58.4 Å². The molecule has 154 valence electrons. The average Bonchev–Trinajstić information content (AvgIpc) is 2.65. The van der Waals surface area contributed by atoms with E-state index in [9.17, 15) is 19.7 Å². The highest BCUT2D eigenvalue weighted by Crippen LogP contribution is 2.48. The van der Waals surface area contributed by atoms with Crippen molar-refractivity contribution >= 4 is 23.2 Å². The van der Waals surface area contributed by atoms with Gasteiger partial charge in [0.25, 0.3) is 5.69 Å². The van der Waals surface area contributed by atoms with Gasteiger partial charge in [0.2, 0.25) is 0 Å². The van der Waals surface area contributed by atoms with Gasteiger partial charge < -0.3 is 4.74 Å². The molecule has 0 N–H and O–H groups in total. The van der Waals surface area contributed by atoms with E-state index < -0.39 is 22.7 Å². The fourth-order valence-electron chi connectivity index (χ4n) is 4.32. The molecule has 2 aliphatic rings. The van der Waals surface area contributed by atoms with Crippen LogP contribution >= 0.6 is 0 Å². The zero-order valence-corrected chi connectivity index (χ0v) is 17.2. The number of nitro benzene ring substituents is 1. The van der Waals surface area contributed by atoms with Crippen LogP contribution in [0.15, 0.2) is 40.5 Å². The minimum Gasteiger partial charge on any atom is -0.465 e. The van der Waals surface area contributed by atoms with Gasteiger partial charge >= 0.3 is 5.97 Å². The lowest BCUT2D eigenvalue weighted by Gasteiger charge is -2.39. The second-order valence-corrected chi connectivity index (χ2v) is 8.31. The molecule has 2 atom stereocenters. The summed E-state index contributed by atoms with van der Waals surface area (Å²) in [6, 6.07) is 6.08. The zero-order chi connectivity index (χ0) is 21.3. The van der Waals surface area contributed by atoms with Crippen LogP contribution < -0.4 is 0 Å². The average molecular weight is 398 g/mol. The molecule has 0 spiro atoms. The first kappa shape index (κ1) is 20.9. The summed E-state index contributed by atoms with van der Waals surface area (Å²) in [7, 11) is 0. The molecule has 1 aromatic rings. The number of nitrogens with zero attached hydrogens (tertiary/aromatic N) is 2. The van der Waals surface area contributed by atoms with Crippen molar-refractivity contribution in [3.63, 3.8) is 0 Å². The van der Waals surface area contributed by atoms with E-state index in [0.717, 1.165) is 5.70 Å². The third-order valence-corrected chi connectivity index (χ3v) is 5.54. The monoisotopic (exact) mass is 398 g/mol. The number of hydrogen-bond acceptors (Lipinski definition) is 6. The lowest BCUT2D eigenvalue weighted by atomic mass is 9.66. The lowest BCUT2D eigenvalue weighted by molar-refractivity contribution is -0.384. The van der Waals surface area contributed by atoms with Gasteiger partial charge in [0.05, 0.1) is 11.5 Å². The van der Waals surface area contributed by atoms with Gasteiger partial charge in [-0.25, -0.2) is 0 Å². The summed E-state index contributed by atoms with van der Waals surface area (Å²) in [5, 5.41) is 11.0. The number of esters is 1. The number of ketones is 1. The minimum absolute atomic E-state index is 0.0206. The molecule has 7 nitrogen and oxygen atoms in total. The number of ether oxygens (including phenoxy) is 1. The number of allylic oxidation sites excluding steroid dienone is 2. The highest BCUT2D eigenvalue weighted by Gasteiger charge is 2.46. The molecule has 1 aliphatic heterocycles. The van der Waals surface area contributed by atoms with Crippen molar-refractivity contribution < 1.29 is 19.2 Å². The number of non-ortho nitro benzene ring substituents is 1. The van der Waals surface area contributed by atoms with Crippen molar-refractivity contribution in [3.05, 3.63) is 51.2 Å². The van der Waals surface area contributed by atoms with Gasteiger partial charge in [0.15, 0.2) is 5.78 Å². The van der Waals surface area contributed by atoms with Crippen molar-refractivity contribution in [1.29, 1.82) is 0 Å². The highest BCUT2D eigenvalue weighted by atomic mass is 16.6. The quantitative estimate of drug-likeness (QED) is 0.417. The molecule has 1 unspecified atom stereocenters. The molecule has 0 fully saturated rings. The van der Waals surface area contributed by atoms with Crippen LogP contribution in [0.5, 0.6) is 0 Å². The Morgan fingerprint density at radius 2 is 1.90 bits per heavy atom. The Morgan fingerprint density at radius 1 is 1.24 bits per heavy atom. The molecule has 1 aliphatic carbocycles. The van der Waals surface area contributed by atoms with E-state index in [1.807, 2.05) is 20.8 Å². The standard InChI is InChI=1S/C22H26N2O5/c1-5-15-20(21(26)29-6-2)18(13-7-9-14(10-8-13)24(27)28)19-16(23-15)11-22(3,4)12-17(19)25/h7-10,18,20H,5-6,11-12H2,1-4H3/t18-,20?/m0/s1. The molecule has 0 amide bonds. The van der Waals surface area contributed by atoms with Crippen molar-refractivity contribution in [3.8, 4) is 0 Å². The van der Waals surface area contributed by atoms with Gasteiger partial charge in [-0.2, -0.15) is 0 Å². The number of hydrogen-bond donors (Lipinski definition) is 0. The van der Waals surface area contributed by atoms with Crippen molar-refractivity contribution in [2.45, 2.75) is 52.9 Å². The third-order valence-electron chi connectivity index (χ3n) is 5.54. The maximum absolute atomic E-state index is 13.1. The van der Waals surface area contributed by atoms with E-state index in [4.69, 9.17) is 9.73 Å². The van der Waals surface area contributed by atoms with Crippen molar-refractivity contribution in [2.75, 3.05) is 6.61 Å². The Kier molecular flexibility index (Phi) is 5.68. The van der Waals surface area contributed by atoms with Crippen LogP contribution in [-0.4, -0.2) is 29.0 Å². The van der Waals surface area contributed by atoms with Crippen LogP contribution in [0, 0.1) is 21.4 Å². The van der Waals surface area contributed by atoms with Gasteiger partial charge in [-0.05, 0) is 30.7 Å². The number of nitro groups is 1. The van der Waals surface area contributed by atoms with Crippen molar-refractivity contribution in [2.24, 2.45) is 16.3 Å². The van der Waals surface area contributed by atoms with Gasteiger partial charge in [-0.1, -0.05) is 32.9 Å². The molecular weight excluding hydrogens is 372 g/mol. The summed E-state index contributed by atoms with van der Waals surface area (Å²) < 4.78 is 5.32. The number of Topliss-reactive ketones (excluding diaryl/α,β-unsaturated/α-hetero) is 1. The molecule has 0 bridgehead atoms. The molecule has 7 heteroatoms. The fraction of sp³-hybridized carbons (Fsp3) is 0.500. The van der Waals surface area contributed by atoms with E-state index in [-0.39, 0.29) is 23.5 Å². The zero-order valence-electron chi connectivity index (χ0n) is 17.2. The SMILES string of the molecule is CCOC(=O)C1C(CC)=NC2=C(C(=O)CC(C)(C)C2)[C@@H]1c1ccc([N+](=O)[O-])cc1. The third kappa shape index (κ3) is 3.99. The maximum atomic E-state index is 13.1. The molecule has 29 heavy (non-hydrogen) atoms. The molecule has 0 saturated heterocycles. The second-order valence-electron chi connectivity index (χ2n) is 8.31. The molecule has 0 saturated carbocycles. The lowest BCUT2D eigenvalue weighted by Crippen LogP contribution is -2.40. The van der Waals surface area contributed by atoms with E-state index in [1.54, 1.807) is 19.1 Å². The molecule has 3 rings (SSSR count). The first-order chi connectivity index (χ1) is 13.7. The Balaban J connectivity index is 2.18. The van der Waals surface area contributed by atoms with Gasteiger partial charge in [0.1, 0.15) is 5.92 Å². The summed E-state index contributed by atoms with van der Waals surface area (Å²) in [6.07, 6.45) is 1.58. The molecule has 0 aromatic heterocycles. The Morgan fingerprint density at radius 3 is 2.45 bits per heavy atom. The van der Waals surface area contributed by atoms with Crippen LogP contribution in [0.2, 0.25) is 0 Å². The first-order valence-electron chi connectivity index (χ1n) is 9.93. The largest absolute Gasteiger partial charge is 0.465 e. The normalized spacial score (nSPS) is 23.3. The minimum atomic E-state index is -0.703. The Bertz CT molecular complexity index is 912. The summed E-state index contributed by atoms with van der Waals surface area (Å²) in [5.41, 5.74) is 2.42. The highest BCUT2D eigenvalue weighted by molar-refractivity contribution is 6.09. The molecule has 1 heterocycles. The summed E-state index contributed by atoms with van der Waals surface area (Å²) in [5.74, 6) is -1.68. The first-order valence-corrected chi connectivity index (χ1v) is 9.93. The van der Waals surface area contributed by atoms with Crippen LogP contribution in [0.3, 0.4) is 0 Å². The molecular formula is C22H26N2O5. The Labute approximate surface area is 170 Å². The maximum Gasteiger partial charge on any atom is 0.315 e. The van der Waals surface area contributed by atoms with Gasteiger partial charge in [-0.15, -0.1) is 0 Å². The van der Waals surface area contributed by atoms with Gasteiger partial charge in [-0.3, -0.25) is 24.7 Å². The number of carbonyl (C=O) groups excluding carboxylic acids is 2.